The lowest BCUT2D eigenvalue weighted by Gasteiger charge is -2.28. The van der Waals surface area contributed by atoms with E-state index in [0.29, 0.717) is 30.8 Å². The number of hydrogen-bond acceptors (Lipinski definition) is 7. The highest BCUT2D eigenvalue weighted by Crippen LogP contribution is 2.27. The summed E-state index contributed by atoms with van der Waals surface area (Å²) in [4.78, 5) is 16.1. The van der Waals surface area contributed by atoms with Crippen LogP contribution in [0.4, 0.5) is 5.95 Å². The van der Waals surface area contributed by atoms with Crippen LogP contribution in [0.3, 0.4) is 0 Å². The average Bonchev–Trinajstić information content (AvgIpc) is 3.35. The van der Waals surface area contributed by atoms with E-state index < -0.39 is 0 Å². The Bertz CT molecular complexity index is 770. The SMILES string of the molecule is CC(C)Cn1c(SCC(=O)NC(c2cccs2)C(C)C)nnc1N1CCOCC1. The predicted octanol–water partition coefficient (Wildman–Crippen LogP) is 3.44. The Labute approximate surface area is 181 Å². The first kappa shape index (κ1) is 22.1. The van der Waals surface area contributed by atoms with Gasteiger partial charge in [0.05, 0.1) is 25.0 Å². The van der Waals surface area contributed by atoms with Crippen molar-refractivity contribution in [1.82, 2.24) is 20.1 Å². The Morgan fingerprint density at radius 3 is 2.66 bits per heavy atom. The Hall–Kier alpha value is -1.58. The maximum atomic E-state index is 12.7. The summed E-state index contributed by atoms with van der Waals surface area (Å²) in [5, 5.41) is 14.9. The highest BCUT2D eigenvalue weighted by Gasteiger charge is 2.23. The van der Waals surface area contributed by atoms with Gasteiger partial charge in [-0.15, -0.1) is 21.5 Å². The lowest BCUT2D eigenvalue weighted by Crippen LogP contribution is -2.38. The summed E-state index contributed by atoms with van der Waals surface area (Å²) in [6.45, 7) is 12.5. The minimum Gasteiger partial charge on any atom is -0.378 e. The van der Waals surface area contributed by atoms with Gasteiger partial charge in [-0.05, 0) is 23.3 Å². The molecule has 2 aromatic rings. The quantitative estimate of drug-likeness (QED) is 0.606. The molecule has 1 atom stereocenters. The number of hydrogen-bond donors (Lipinski definition) is 1. The third-order valence-corrected chi connectivity index (χ3v) is 6.63. The number of carbonyl (C=O) groups excluding carboxylic acids is 1. The van der Waals surface area contributed by atoms with Crippen LogP contribution in [0, 0.1) is 11.8 Å². The van der Waals surface area contributed by atoms with Gasteiger partial charge in [0.15, 0.2) is 5.16 Å². The highest BCUT2D eigenvalue weighted by molar-refractivity contribution is 7.99. The Kier molecular flexibility index (Phi) is 7.97. The molecule has 1 aliphatic heterocycles. The molecule has 2 aromatic heterocycles. The number of aromatic nitrogens is 3. The first-order chi connectivity index (χ1) is 14.0. The van der Waals surface area contributed by atoms with E-state index >= 15 is 0 Å². The summed E-state index contributed by atoms with van der Waals surface area (Å²) in [5.74, 6) is 2.02. The lowest BCUT2D eigenvalue weighted by molar-refractivity contribution is -0.119. The molecule has 9 heteroatoms. The summed E-state index contributed by atoms with van der Waals surface area (Å²) in [5.41, 5.74) is 0. The second-order valence-corrected chi connectivity index (χ2v) is 9.90. The molecule has 1 N–H and O–H groups in total. The lowest BCUT2D eigenvalue weighted by atomic mass is 10.0. The van der Waals surface area contributed by atoms with Gasteiger partial charge in [-0.3, -0.25) is 9.36 Å². The molecular weight excluding hydrogens is 406 g/mol. The summed E-state index contributed by atoms with van der Waals surface area (Å²) in [6, 6.07) is 4.15. The summed E-state index contributed by atoms with van der Waals surface area (Å²) >= 11 is 3.14. The van der Waals surface area contributed by atoms with Crippen molar-refractivity contribution in [3.8, 4) is 0 Å². The molecule has 1 amide bonds. The Morgan fingerprint density at radius 1 is 1.28 bits per heavy atom. The van der Waals surface area contributed by atoms with Crippen LogP contribution in [-0.4, -0.2) is 52.7 Å². The van der Waals surface area contributed by atoms with Gasteiger partial charge in [0, 0.05) is 24.5 Å². The van der Waals surface area contributed by atoms with Crippen LogP contribution in [0.1, 0.15) is 38.6 Å². The maximum absolute atomic E-state index is 12.7. The van der Waals surface area contributed by atoms with E-state index in [2.05, 4.69) is 58.7 Å². The molecule has 1 fully saturated rings. The molecule has 3 rings (SSSR count). The van der Waals surface area contributed by atoms with Gasteiger partial charge >= 0.3 is 0 Å². The van der Waals surface area contributed by atoms with E-state index in [0.717, 1.165) is 30.7 Å². The zero-order valence-electron chi connectivity index (χ0n) is 17.6. The number of nitrogens with zero attached hydrogens (tertiary/aromatic N) is 4. The van der Waals surface area contributed by atoms with Crippen molar-refractivity contribution in [2.45, 2.75) is 45.4 Å². The fraction of sp³-hybridized carbons (Fsp3) is 0.650. The van der Waals surface area contributed by atoms with E-state index in [9.17, 15) is 4.79 Å². The van der Waals surface area contributed by atoms with E-state index in [1.54, 1.807) is 11.3 Å². The molecule has 0 aromatic carbocycles. The smallest absolute Gasteiger partial charge is 0.230 e. The third-order valence-electron chi connectivity index (χ3n) is 4.70. The fourth-order valence-corrected chi connectivity index (χ4v) is 4.99. The van der Waals surface area contributed by atoms with Crippen molar-refractivity contribution in [2.75, 3.05) is 37.0 Å². The van der Waals surface area contributed by atoms with Gasteiger partial charge in [-0.25, -0.2) is 0 Å². The van der Waals surface area contributed by atoms with Gasteiger partial charge in [-0.1, -0.05) is 45.5 Å². The van der Waals surface area contributed by atoms with E-state index in [-0.39, 0.29) is 11.9 Å². The number of ether oxygens (including phenoxy) is 1. The highest BCUT2D eigenvalue weighted by atomic mass is 32.2. The van der Waals surface area contributed by atoms with Crippen molar-refractivity contribution >= 4 is 35.0 Å². The molecule has 0 aliphatic carbocycles. The molecule has 0 saturated carbocycles. The second kappa shape index (κ2) is 10.4. The van der Waals surface area contributed by atoms with E-state index in [1.165, 1.54) is 16.6 Å². The second-order valence-electron chi connectivity index (χ2n) is 7.98. The molecule has 0 radical (unpaired) electrons. The Balaban J connectivity index is 1.66. The number of morpholine rings is 1. The van der Waals surface area contributed by atoms with Crippen LogP contribution in [0.25, 0.3) is 0 Å². The first-order valence-electron chi connectivity index (χ1n) is 10.2. The monoisotopic (exact) mass is 437 g/mol. The van der Waals surface area contributed by atoms with Crippen molar-refractivity contribution < 1.29 is 9.53 Å². The first-order valence-corrected chi connectivity index (χ1v) is 12.0. The molecule has 29 heavy (non-hydrogen) atoms. The molecule has 0 bridgehead atoms. The molecule has 1 saturated heterocycles. The molecule has 1 unspecified atom stereocenters. The van der Waals surface area contributed by atoms with E-state index in [4.69, 9.17) is 4.74 Å². The molecule has 7 nitrogen and oxygen atoms in total. The number of thiophene rings is 1. The van der Waals surface area contributed by atoms with Crippen LogP contribution in [-0.2, 0) is 16.1 Å². The minimum absolute atomic E-state index is 0.0223. The molecular formula is C20H31N5O2S2. The standard InChI is InChI=1S/C20H31N5O2S2/c1-14(2)12-25-19(24-7-9-27-10-8-24)22-23-20(25)29-13-17(26)21-18(15(3)4)16-6-5-11-28-16/h5-6,11,14-15,18H,7-10,12-13H2,1-4H3,(H,21,26). The van der Waals surface area contributed by atoms with Gasteiger partial charge in [0.25, 0.3) is 0 Å². The Morgan fingerprint density at radius 2 is 2.03 bits per heavy atom. The zero-order chi connectivity index (χ0) is 20.8. The average molecular weight is 438 g/mol. The van der Waals surface area contributed by atoms with Crippen LogP contribution in [0.5, 0.6) is 0 Å². The summed E-state index contributed by atoms with van der Waals surface area (Å²) in [6.07, 6.45) is 0. The van der Waals surface area contributed by atoms with Crippen LogP contribution in [0.2, 0.25) is 0 Å². The third kappa shape index (κ3) is 5.96. The summed E-state index contributed by atoms with van der Waals surface area (Å²) < 4.78 is 7.60. The van der Waals surface area contributed by atoms with Crippen LogP contribution in [0.15, 0.2) is 22.7 Å². The molecule has 160 valence electrons. The number of amides is 1. The largest absolute Gasteiger partial charge is 0.378 e. The molecule has 0 spiro atoms. The van der Waals surface area contributed by atoms with Crippen molar-refractivity contribution in [2.24, 2.45) is 11.8 Å². The van der Waals surface area contributed by atoms with Crippen LogP contribution < -0.4 is 10.2 Å². The van der Waals surface area contributed by atoms with Gasteiger partial charge in [-0.2, -0.15) is 0 Å². The number of anilines is 1. The van der Waals surface area contributed by atoms with Gasteiger partial charge < -0.3 is 15.0 Å². The van der Waals surface area contributed by atoms with E-state index in [1.807, 2.05) is 11.4 Å². The molecule has 3 heterocycles. The minimum atomic E-state index is 0.0223. The van der Waals surface area contributed by atoms with Crippen molar-refractivity contribution in [1.29, 1.82) is 0 Å². The van der Waals surface area contributed by atoms with Crippen LogP contribution >= 0.6 is 23.1 Å². The fourth-order valence-electron chi connectivity index (χ4n) is 3.29. The van der Waals surface area contributed by atoms with Gasteiger partial charge in [0.1, 0.15) is 0 Å². The zero-order valence-corrected chi connectivity index (χ0v) is 19.3. The number of thioether (sulfide) groups is 1. The molecule has 1 aliphatic rings. The van der Waals surface area contributed by atoms with Crippen molar-refractivity contribution in [3.63, 3.8) is 0 Å². The number of nitrogens with one attached hydrogen (secondary N) is 1. The van der Waals surface area contributed by atoms with Crippen molar-refractivity contribution in [3.05, 3.63) is 22.4 Å². The summed E-state index contributed by atoms with van der Waals surface area (Å²) in [7, 11) is 0. The predicted molar refractivity (Wildman–Crippen MR) is 119 cm³/mol. The topological polar surface area (TPSA) is 72.3 Å². The number of carbonyl (C=O) groups is 1. The maximum Gasteiger partial charge on any atom is 0.230 e. The number of rotatable bonds is 9. The normalized spacial score (nSPS) is 15.9. The van der Waals surface area contributed by atoms with Gasteiger partial charge in [0.2, 0.25) is 11.9 Å².